The molecule has 4 aromatic rings. The highest BCUT2D eigenvalue weighted by molar-refractivity contribution is 6.38. The van der Waals surface area contributed by atoms with Crippen LogP contribution in [0.3, 0.4) is 0 Å². The summed E-state index contributed by atoms with van der Waals surface area (Å²) in [5, 5.41) is 3.90. The van der Waals surface area contributed by atoms with E-state index in [0.717, 1.165) is 47.8 Å². The van der Waals surface area contributed by atoms with E-state index in [1.165, 1.54) is 5.56 Å². The molecule has 0 radical (unpaired) electrons. The van der Waals surface area contributed by atoms with Crippen LogP contribution >= 0.6 is 11.6 Å². The van der Waals surface area contributed by atoms with Crippen molar-refractivity contribution in [3.63, 3.8) is 0 Å². The quantitative estimate of drug-likeness (QED) is 0.431. The number of aliphatic imine (C=N–C) groups is 1. The number of pyridine rings is 1. The smallest absolute Gasteiger partial charge is 0.289 e. The molecule has 188 valence electrons. The predicted molar refractivity (Wildman–Crippen MR) is 148 cm³/mol. The third-order valence-corrected chi connectivity index (χ3v) is 7.34. The van der Waals surface area contributed by atoms with Gasteiger partial charge in [-0.15, -0.1) is 0 Å². The molecular formula is C29H29ClN6O. The van der Waals surface area contributed by atoms with Crippen LogP contribution in [0.15, 0.2) is 77.9 Å². The van der Waals surface area contributed by atoms with Gasteiger partial charge in [0.05, 0.1) is 17.9 Å². The summed E-state index contributed by atoms with van der Waals surface area (Å²) in [6.45, 7) is 6.37. The van der Waals surface area contributed by atoms with Crippen molar-refractivity contribution >= 4 is 29.0 Å². The third kappa shape index (κ3) is 4.84. The highest BCUT2D eigenvalue weighted by Crippen LogP contribution is 2.29. The average molecular weight is 513 g/mol. The number of aromatic nitrogens is 2. The van der Waals surface area contributed by atoms with Gasteiger partial charge < -0.3 is 14.6 Å². The van der Waals surface area contributed by atoms with Gasteiger partial charge in [0.1, 0.15) is 5.65 Å². The highest BCUT2D eigenvalue weighted by Gasteiger charge is 2.28. The number of hydrogen-bond donors (Lipinski definition) is 1. The second-order valence-corrected chi connectivity index (χ2v) is 10.2. The predicted octanol–water partition coefficient (Wildman–Crippen LogP) is 4.36. The molecule has 8 heteroatoms. The van der Waals surface area contributed by atoms with E-state index in [0.29, 0.717) is 30.5 Å². The Morgan fingerprint density at radius 3 is 2.38 bits per heavy atom. The molecular weight excluding hydrogens is 484 g/mol. The lowest BCUT2D eigenvalue weighted by atomic mass is 10.1. The van der Waals surface area contributed by atoms with Gasteiger partial charge in [-0.05, 0) is 42.3 Å². The van der Waals surface area contributed by atoms with Crippen molar-refractivity contribution in [3.05, 3.63) is 83.6 Å². The van der Waals surface area contributed by atoms with Gasteiger partial charge in [-0.2, -0.15) is 0 Å². The van der Waals surface area contributed by atoms with E-state index in [2.05, 4.69) is 62.2 Å². The summed E-state index contributed by atoms with van der Waals surface area (Å²) in [5.74, 6) is 0.509. The van der Waals surface area contributed by atoms with Gasteiger partial charge in [0, 0.05) is 55.5 Å². The van der Waals surface area contributed by atoms with E-state index in [-0.39, 0.29) is 11.9 Å². The second kappa shape index (κ2) is 10.00. The Morgan fingerprint density at radius 2 is 1.68 bits per heavy atom. The average Bonchev–Trinajstić information content (AvgIpc) is 3.53. The lowest BCUT2D eigenvalue weighted by Gasteiger charge is -2.34. The van der Waals surface area contributed by atoms with Gasteiger partial charge in [-0.25, -0.2) is 4.98 Å². The number of hydrogen-bond acceptors (Lipinski definition) is 5. The normalized spacial score (nSPS) is 18.2. The summed E-state index contributed by atoms with van der Waals surface area (Å²) >= 11 is 6.18. The second-order valence-electron chi connectivity index (χ2n) is 9.73. The lowest BCUT2D eigenvalue weighted by molar-refractivity contribution is -0.126. The van der Waals surface area contributed by atoms with Crippen LogP contribution in [-0.4, -0.2) is 69.7 Å². The van der Waals surface area contributed by atoms with Gasteiger partial charge in [-0.1, -0.05) is 54.1 Å². The van der Waals surface area contributed by atoms with E-state index in [4.69, 9.17) is 16.6 Å². The van der Waals surface area contributed by atoms with E-state index in [1.54, 1.807) is 0 Å². The first-order chi connectivity index (χ1) is 18.0. The molecule has 0 aliphatic carbocycles. The minimum absolute atomic E-state index is 0.00755. The van der Waals surface area contributed by atoms with Crippen molar-refractivity contribution in [2.24, 2.45) is 4.99 Å². The first kappa shape index (κ1) is 23.7. The Balaban J connectivity index is 1.29. The van der Waals surface area contributed by atoms with E-state index in [1.807, 2.05) is 42.2 Å². The van der Waals surface area contributed by atoms with Crippen molar-refractivity contribution in [2.75, 3.05) is 32.7 Å². The number of halogens is 1. The molecule has 2 aliphatic rings. The molecule has 0 spiro atoms. The number of nitrogens with zero attached hydrogens (tertiary/aromatic N) is 5. The van der Waals surface area contributed by atoms with Crippen LogP contribution in [0.2, 0.25) is 5.02 Å². The molecule has 2 aliphatic heterocycles. The number of piperazine rings is 1. The molecule has 1 amide bonds. The maximum absolute atomic E-state index is 12.9. The SMILES string of the molecule is CC1CN=C(C(=O)N2CCN(Cc3c(-c4ccc(Cl)cc4)nc4ccc(-c5ccccc5)cn34)CC2)N1. The summed E-state index contributed by atoms with van der Waals surface area (Å²) < 4.78 is 2.21. The number of imidazole rings is 1. The first-order valence-electron chi connectivity index (χ1n) is 12.7. The molecule has 1 N–H and O–H groups in total. The maximum atomic E-state index is 12.9. The van der Waals surface area contributed by atoms with Gasteiger partial charge >= 0.3 is 0 Å². The summed E-state index contributed by atoms with van der Waals surface area (Å²) in [7, 11) is 0. The summed E-state index contributed by atoms with van der Waals surface area (Å²) in [4.78, 5) is 26.6. The van der Waals surface area contributed by atoms with Crippen molar-refractivity contribution in [2.45, 2.75) is 19.5 Å². The molecule has 0 bridgehead atoms. The van der Waals surface area contributed by atoms with Crippen LogP contribution in [-0.2, 0) is 11.3 Å². The molecule has 2 aromatic carbocycles. The standard InChI is InChI=1S/C29H29ClN6O/c1-20-17-31-28(32-20)29(37)35-15-13-34(14-16-35)19-25-27(22-7-10-24(30)11-8-22)33-26-12-9-23(18-36(25)26)21-5-3-2-4-6-21/h2-12,18,20H,13-17,19H2,1H3,(H,31,32). The number of amidine groups is 1. The molecule has 6 rings (SSSR count). The zero-order chi connectivity index (χ0) is 25.4. The Morgan fingerprint density at radius 1 is 0.946 bits per heavy atom. The van der Waals surface area contributed by atoms with Gasteiger partial charge in [0.15, 0.2) is 5.84 Å². The molecule has 4 heterocycles. The molecule has 37 heavy (non-hydrogen) atoms. The number of amides is 1. The lowest BCUT2D eigenvalue weighted by Crippen LogP contribution is -2.52. The molecule has 1 unspecified atom stereocenters. The van der Waals surface area contributed by atoms with Gasteiger partial charge in [0.2, 0.25) is 0 Å². The minimum atomic E-state index is 0.00755. The highest BCUT2D eigenvalue weighted by atomic mass is 35.5. The molecule has 1 saturated heterocycles. The number of fused-ring (bicyclic) bond motifs is 1. The number of rotatable bonds is 5. The number of nitrogens with one attached hydrogen (secondary N) is 1. The van der Waals surface area contributed by atoms with E-state index < -0.39 is 0 Å². The van der Waals surface area contributed by atoms with Crippen LogP contribution in [0.25, 0.3) is 28.0 Å². The fourth-order valence-corrected chi connectivity index (χ4v) is 5.16. The van der Waals surface area contributed by atoms with Crippen LogP contribution in [0.1, 0.15) is 12.6 Å². The van der Waals surface area contributed by atoms with Crippen LogP contribution in [0.4, 0.5) is 0 Å². The molecule has 0 saturated carbocycles. The largest absolute Gasteiger partial charge is 0.361 e. The number of carbonyl (C=O) groups excluding carboxylic acids is 1. The van der Waals surface area contributed by atoms with Crippen LogP contribution in [0, 0.1) is 0 Å². The van der Waals surface area contributed by atoms with Crippen LogP contribution in [0.5, 0.6) is 0 Å². The Labute approximate surface area is 221 Å². The Kier molecular flexibility index (Phi) is 6.40. The summed E-state index contributed by atoms with van der Waals surface area (Å²) in [5.41, 5.74) is 6.35. The molecule has 1 fully saturated rings. The minimum Gasteiger partial charge on any atom is -0.361 e. The summed E-state index contributed by atoms with van der Waals surface area (Å²) in [6.07, 6.45) is 2.18. The Hall–Kier alpha value is -3.68. The zero-order valence-electron chi connectivity index (χ0n) is 20.8. The molecule has 7 nitrogen and oxygen atoms in total. The number of carbonyl (C=O) groups is 1. The van der Waals surface area contributed by atoms with Gasteiger partial charge in [-0.3, -0.25) is 14.7 Å². The van der Waals surface area contributed by atoms with Crippen molar-refractivity contribution in [1.82, 2.24) is 24.5 Å². The van der Waals surface area contributed by atoms with Crippen molar-refractivity contribution in [3.8, 4) is 22.4 Å². The first-order valence-corrected chi connectivity index (χ1v) is 13.1. The monoisotopic (exact) mass is 512 g/mol. The van der Waals surface area contributed by atoms with Crippen molar-refractivity contribution in [1.29, 1.82) is 0 Å². The van der Waals surface area contributed by atoms with Gasteiger partial charge in [0.25, 0.3) is 5.91 Å². The zero-order valence-corrected chi connectivity index (χ0v) is 21.5. The van der Waals surface area contributed by atoms with Crippen molar-refractivity contribution < 1.29 is 4.79 Å². The molecule has 2 aromatic heterocycles. The summed E-state index contributed by atoms with van der Waals surface area (Å²) in [6, 6.07) is 22.7. The third-order valence-electron chi connectivity index (χ3n) is 7.08. The Bertz CT molecular complexity index is 1460. The molecule has 1 atom stereocenters. The van der Waals surface area contributed by atoms with Crippen LogP contribution < -0.4 is 5.32 Å². The number of benzene rings is 2. The van der Waals surface area contributed by atoms with E-state index >= 15 is 0 Å². The topological polar surface area (TPSA) is 65.2 Å². The maximum Gasteiger partial charge on any atom is 0.289 e. The fourth-order valence-electron chi connectivity index (χ4n) is 5.04. The fraction of sp³-hybridized carbons (Fsp3) is 0.276. The van der Waals surface area contributed by atoms with E-state index in [9.17, 15) is 4.79 Å².